The third-order valence-corrected chi connectivity index (χ3v) is 9.77. The van der Waals surface area contributed by atoms with Gasteiger partial charge in [0.1, 0.15) is 12.9 Å². The molecule has 3 unspecified atom stereocenters. The number of aliphatic hydroxyl groups is 2. The lowest BCUT2D eigenvalue weighted by molar-refractivity contribution is -0.215. The zero-order valence-electron chi connectivity index (χ0n) is 19.3. The predicted octanol–water partition coefficient (Wildman–Crippen LogP) is 2.89. The van der Waals surface area contributed by atoms with Gasteiger partial charge in [-0.25, -0.2) is 0 Å². The van der Waals surface area contributed by atoms with E-state index in [0.717, 1.165) is 32.1 Å². The summed E-state index contributed by atoms with van der Waals surface area (Å²) in [6.07, 6.45) is 10.5. The maximum Gasteiger partial charge on any atom is 0.302 e. The molecule has 6 nitrogen and oxygen atoms in total. The molecule has 0 heterocycles. The largest absolute Gasteiger partial charge is 0.463 e. The highest BCUT2D eigenvalue weighted by Crippen LogP contribution is 2.68. The number of ether oxygens (including phenoxy) is 3. The Morgan fingerprint density at radius 1 is 1.13 bits per heavy atom. The molecule has 174 valence electrons. The van der Waals surface area contributed by atoms with Gasteiger partial charge >= 0.3 is 5.97 Å². The molecule has 10 atom stereocenters. The lowest BCUT2D eigenvalue weighted by Gasteiger charge is -2.62. The maximum atomic E-state index is 11.5. The van der Waals surface area contributed by atoms with E-state index >= 15 is 0 Å². The van der Waals surface area contributed by atoms with E-state index in [4.69, 9.17) is 20.6 Å². The molecule has 0 aromatic heterocycles. The standard InChI is InChI=1S/C25H38O6/c1-6-25(30-14-29-5)21(28)13-19-22-18(8-10-24(19,25)4)23(3)9-7-17(31-15(2)26)11-16(23)12-20(22)27/h1,16-22,27-28H,7-14H2,2-5H3/t16-,17-,18?,19?,20+,21+,22?,23-,24-,25-/m0/s1. The van der Waals surface area contributed by atoms with Crippen LogP contribution >= 0.6 is 0 Å². The molecule has 4 rings (SSSR count). The third kappa shape index (κ3) is 3.27. The van der Waals surface area contributed by atoms with Gasteiger partial charge in [0.15, 0.2) is 5.60 Å². The normalized spacial score (nSPS) is 51.2. The van der Waals surface area contributed by atoms with Crippen molar-refractivity contribution in [1.29, 1.82) is 0 Å². The van der Waals surface area contributed by atoms with Gasteiger partial charge < -0.3 is 24.4 Å². The van der Waals surface area contributed by atoms with Crippen LogP contribution in [0.1, 0.15) is 65.7 Å². The molecular weight excluding hydrogens is 396 g/mol. The van der Waals surface area contributed by atoms with Gasteiger partial charge in [-0.2, -0.15) is 0 Å². The van der Waals surface area contributed by atoms with Crippen molar-refractivity contribution in [3.8, 4) is 12.3 Å². The number of hydrogen-bond acceptors (Lipinski definition) is 6. The Balaban J connectivity index is 1.63. The van der Waals surface area contributed by atoms with Crippen LogP contribution in [-0.2, 0) is 19.0 Å². The quantitative estimate of drug-likeness (QED) is 0.402. The Labute approximate surface area is 186 Å². The van der Waals surface area contributed by atoms with E-state index < -0.39 is 23.2 Å². The van der Waals surface area contributed by atoms with Crippen molar-refractivity contribution < 1.29 is 29.2 Å². The fraction of sp³-hybridized carbons (Fsp3) is 0.880. The monoisotopic (exact) mass is 434 g/mol. The molecule has 0 radical (unpaired) electrons. The van der Waals surface area contributed by atoms with Gasteiger partial charge in [-0.3, -0.25) is 4.79 Å². The van der Waals surface area contributed by atoms with Gasteiger partial charge in [0.05, 0.1) is 12.2 Å². The van der Waals surface area contributed by atoms with E-state index in [-0.39, 0.29) is 36.1 Å². The number of carbonyl (C=O) groups excluding carboxylic acids is 1. The van der Waals surface area contributed by atoms with E-state index in [2.05, 4.69) is 19.8 Å². The van der Waals surface area contributed by atoms with Crippen LogP contribution in [0.5, 0.6) is 0 Å². The maximum absolute atomic E-state index is 11.5. The molecule has 4 aliphatic carbocycles. The van der Waals surface area contributed by atoms with Crippen LogP contribution in [-0.4, -0.2) is 54.0 Å². The Hall–Kier alpha value is -1.13. The summed E-state index contributed by atoms with van der Waals surface area (Å²) in [5.41, 5.74) is -1.41. The number of terminal acetylenes is 1. The van der Waals surface area contributed by atoms with E-state index in [1.54, 1.807) is 7.11 Å². The van der Waals surface area contributed by atoms with Crippen LogP contribution < -0.4 is 0 Å². The minimum absolute atomic E-state index is 0.0392. The minimum atomic E-state index is -1.09. The molecule has 4 aliphatic rings. The first kappa shape index (κ1) is 23.0. The SMILES string of the molecule is C#C[C@]1(OCOC)[C@H](O)CC2C3C(CC[C@@]21C)[C@@]1(C)CC[C@H](OC(C)=O)C[C@H]1C[C@H]3O. The van der Waals surface area contributed by atoms with E-state index in [1.807, 2.05) is 0 Å². The average molecular weight is 435 g/mol. The van der Waals surface area contributed by atoms with Crippen molar-refractivity contribution in [2.24, 2.45) is 34.5 Å². The summed E-state index contributed by atoms with van der Waals surface area (Å²) in [4.78, 5) is 11.5. The molecule has 0 spiro atoms. The summed E-state index contributed by atoms with van der Waals surface area (Å²) >= 11 is 0. The van der Waals surface area contributed by atoms with Crippen molar-refractivity contribution in [1.82, 2.24) is 0 Å². The van der Waals surface area contributed by atoms with Crippen molar-refractivity contribution in [3.05, 3.63) is 0 Å². The topological polar surface area (TPSA) is 85.2 Å². The van der Waals surface area contributed by atoms with Crippen molar-refractivity contribution in [2.45, 2.75) is 89.6 Å². The summed E-state index contributed by atoms with van der Waals surface area (Å²) < 4.78 is 16.7. The smallest absolute Gasteiger partial charge is 0.302 e. The molecule has 4 fully saturated rings. The fourth-order valence-corrected chi connectivity index (χ4v) is 8.25. The number of esters is 1. The van der Waals surface area contributed by atoms with Gasteiger partial charge in [0.2, 0.25) is 0 Å². The first-order chi connectivity index (χ1) is 14.6. The summed E-state index contributed by atoms with van der Waals surface area (Å²) in [5.74, 6) is 3.47. The second-order valence-electron chi connectivity index (χ2n) is 10.9. The van der Waals surface area contributed by atoms with E-state index in [9.17, 15) is 15.0 Å². The average Bonchev–Trinajstić information content (AvgIpc) is 2.94. The fourth-order valence-electron chi connectivity index (χ4n) is 8.25. The van der Waals surface area contributed by atoms with Crippen LogP contribution in [0.2, 0.25) is 0 Å². The van der Waals surface area contributed by atoms with Crippen LogP contribution in [0.4, 0.5) is 0 Å². The zero-order chi connectivity index (χ0) is 22.6. The van der Waals surface area contributed by atoms with Crippen LogP contribution in [0.15, 0.2) is 0 Å². The molecule has 0 bridgehead atoms. The van der Waals surface area contributed by atoms with Gasteiger partial charge in [-0.05, 0) is 74.0 Å². The number of aliphatic hydroxyl groups excluding tert-OH is 2. The van der Waals surface area contributed by atoms with Gasteiger partial charge in [-0.15, -0.1) is 6.42 Å². The lowest BCUT2D eigenvalue weighted by atomic mass is 9.43. The Morgan fingerprint density at radius 2 is 1.87 bits per heavy atom. The number of methoxy groups -OCH3 is 1. The lowest BCUT2D eigenvalue weighted by Crippen LogP contribution is -2.61. The van der Waals surface area contributed by atoms with Crippen molar-refractivity contribution in [3.63, 3.8) is 0 Å². The summed E-state index contributed by atoms with van der Waals surface area (Å²) in [7, 11) is 1.56. The molecule has 6 heteroatoms. The summed E-state index contributed by atoms with van der Waals surface area (Å²) in [6, 6.07) is 0. The number of carbonyl (C=O) groups is 1. The Bertz CT molecular complexity index is 747. The summed E-state index contributed by atoms with van der Waals surface area (Å²) in [5, 5.41) is 22.5. The molecule has 0 aliphatic heterocycles. The first-order valence-corrected chi connectivity index (χ1v) is 11.8. The number of hydrogen-bond donors (Lipinski definition) is 2. The number of fused-ring (bicyclic) bond motifs is 5. The Morgan fingerprint density at radius 3 is 2.52 bits per heavy atom. The highest BCUT2D eigenvalue weighted by molar-refractivity contribution is 5.66. The number of rotatable bonds is 4. The first-order valence-electron chi connectivity index (χ1n) is 11.8. The second kappa shape index (κ2) is 8.02. The predicted molar refractivity (Wildman–Crippen MR) is 115 cm³/mol. The van der Waals surface area contributed by atoms with Gasteiger partial charge in [-0.1, -0.05) is 19.8 Å². The summed E-state index contributed by atoms with van der Waals surface area (Å²) in [6.45, 7) is 6.02. The van der Waals surface area contributed by atoms with Gasteiger partial charge in [0.25, 0.3) is 0 Å². The van der Waals surface area contributed by atoms with Crippen molar-refractivity contribution >= 4 is 5.97 Å². The Kier molecular flexibility index (Phi) is 5.96. The zero-order valence-corrected chi connectivity index (χ0v) is 19.3. The molecular formula is C25H38O6. The molecule has 2 N–H and O–H groups in total. The third-order valence-electron chi connectivity index (χ3n) is 9.77. The van der Waals surface area contributed by atoms with Crippen LogP contribution in [0, 0.1) is 46.8 Å². The van der Waals surface area contributed by atoms with Crippen LogP contribution in [0.3, 0.4) is 0 Å². The highest BCUT2D eigenvalue weighted by atomic mass is 16.7. The molecule has 0 amide bonds. The minimum Gasteiger partial charge on any atom is -0.463 e. The van der Waals surface area contributed by atoms with E-state index in [0.29, 0.717) is 24.7 Å². The molecule has 31 heavy (non-hydrogen) atoms. The second-order valence-corrected chi connectivity index (χ2v) is 10.9. The van der Waals surface area contributed by atoms with Crippen LogP contribution in [0.25, 0.3) is 0 Å². The van der Waals surface area contributed by atoms with Crippen molar-refractivity contribution in [2.75, 3.05) is 13.9 Å². The highest BCUT2D eigenvalue weighted by Gasteiger charge is 2.70. The van der Waals surface area contributed by atoms with E-state index in [1.165, 1.54) is 6.92 Å². The molecule has 0 aromatic carbocycles. The molecule has 4 saturated carbocycles. The molecule has 0 aromatic rings. The molecule has 0 saturated heterocycles. The van der Waals surface area contributed by atoms with Gasteiger partial charge in [0, 0.05) is 19.4 Å².